The molecule has 0 aliphatic carbocycles. The van der Waals surface area contributed by atoms with E-state index in [1.165, 1.54) is 5.56 Å². The van der Waals surface area contributed by atoms with Gasteiger partial charge >= 0.3 is 0 Å². The molecule has 0 unspecified atom stereocenters. The van der Waals surface area contributed by atoms with E-state index in [4.69, 9.17) is 18.0 Å². The first-order chi connectivity index (χ1) is 10.1. The van der Waals surface area contributed by atoms with Gasteiger partial charge in [-0.2, -0.15) is 0 Å². The second kappa shape index (κ2) is 7.82. The second-order valence-corrected chi connectivity index (χ2v) is 7.12. The predicted octanol–water partition coefficient (Wildman–Crippen LogP) is 4.81. The lowest BCUT2D eigenvalue weighted by Crippen LogP contribution is -2.14. The van der Waals surface area contributed by atoms with Crippen molar-refractivity contribution in [2.45, 2.75) is 18.4 Å². The molecule has 0 atom stereocenters. The zero-order valence-corrected chi connectivity index (χ0v) is 14.9. The van der Waals surface area contributed by atoms with Gasteiger partial charge in [0.25, 0.3) is 0 Å². The fraction of sp³-hybridized carbons (Fsp3) is 0.188. The normalized spacial score (nSPS) is 10.4. The first kappa shape index (κ1) is 16.3. The predicted molar refractivity (Wildman–Crippen MR) is 100 cm³/mol. The lowest BCUT2D eigenvalue weighted by atomic mass is 10.1. The van der Waals surface area contributed by atoms with Gasteiger partial charge in [0.1, 0.15) is 4.99 Å². The highest BCUT2D eigenvalue weighted by Crippen LogP contribution is 2.29. The lowest BCUT2D eigenvalue weighted by Gasteiger charge is -2.15. The molecular formula is C16H17BrN2S2. The Morgan fingerprint density at radius 1 is 1.29 bits per heavy atom. The minimum absolute atomic E-state index is 0.434. The number of thiocarbonyl (C=S) groups is 1. The maximum Gasteiger partial charge on any atom is 0.107 e. The van der Waals surface area contributed by atoms with Crippen molar-refractivity contribution in [1.29, 1.82) is 0 Å². The minimum Gasteiger partial charge on any atom is -0.389 e. The third-order valence-electron chi connectivity index (χ3n) is 2.94. The maximum absolute atomic E-state index is 5.91. The number of halogens is 1. The molecule has 21 heavy (non-hydrogen) atoms. The SMILES string of the molecule is CCSc1cccc(NCc2cccc(Br)c2)c1C(N)=S. The Hall–Kier alpha value is -1.04. The number of nitrogens with two attached hydrogens (primary N) is 1. The van der Waals surface area contributed by atoms with E-state index >= 15 is 0 Å². The van der Waals surface area contributed by atoms with Gasteiger partial charge in [-0.3, -0.25) is 0 Å². The van der Waals surface area contributed by atoms with E-state index in [1.807, 2.05) is 24.3 Å². The minimum atomic E-state index is 0.434. The van der Waals surface area contributed by atoms with E-state index < -0.39 is 0 Å². The van der Waals surface area contributed by atoms with Crippen LogP contribution in [0.1, 0.15) is 18.1 Å². The largest absolute Gasteiger partial charge is 0.389 e. The van der Waals surface area contributed by atoms with Gasteiger partial charge in [-0.25, -0.2) is 0 Å². The summed E-state index contributed by atoms with van der Waals surface area (Å²) in [5.41, 5.74) is 9.04. The molecule has 2 aromatic carbocycles. The van der Waals surface area contributed by atoms with Crippen molar-refractivity contribution in [1.82, 2.24) is 0 Å². The van der Waals surface area contributed by atoms with Crippen LogP contribution >= 0.6 is 39.9 Å². The van der Waals surface area contributed by atoms with Crippen LogP contribution < -0.4 is 11.1 Å². The Labute approximate surface area is 143 Å². The number of thioether (sulfide) groups is 1. The highest BCUT2D eigenvalue weighted by atomic mass is 79.9. The topological polar surface area (TPSA) is 38.0 Å². The number of rotatable bonds is 6. The standard InChI is InChI=1S/C16H17BrN2S2/c1-2-21-14-8-4-7-13(15(14)16(18)20)19-10-11-5-3-6-12(17)9-11/h3-9,19H,2,10H2,1H3,(H2,18,20). The van der Waals surface area contributed by atoms with E-state index in [9.17, 15) is 0 Å². The average molecular weight is 381 g/mol. The van der Waals surface area contributed by atoms with Crippen LogP contribution in [0.25, 0.3) is 0 Å². The summed E-state index contributed by atoms with van der Waals surface area (Å²) in [6.07, 6.45) is 0. The van der Waals surface area contributed by atoms with E-state index in [0.29, 0.717) is 4.99 Å². The Balaban J connectivity index is 2.23. The van der Waals surface area contributed by atoms with E-state index in [0.717, 1.165) is 32.9 Å². The van der Waals surface area contributed by atoms with E-state index in [-0.39, 0.29) is 0 Å². The molecule has 0 aromatic heterocycles. The molecule has 110 valence electrons. The van der Waals surface area contributed by atoms with Crippen LogP contribution in [-0.4, -0.2) is 10.7 Å². The molecule has 0 fully saturated rings. The molecule has 0 amide bonds. The fourth-order valence-corrected chi connectivity index (χ4v) is 3.63. The van der Waals surface area contributed by atoms with Crippen molar-refractivity contribution in [3.63, 3.8) is 0 Å². The third-order valence-corrected chi connectivity index (χ3v) is 4.58. The Kier molecular flexibility index (Phi) is 6.08. The van der Waals surface area contributed by atoms with Crippen molar-refractivity contribution in [3.05, 3.63) is 58.1 Å². The zero-order valence-electron chi connectivity index (χ0n) is 11.7. The summed E-state index contributed by atoms with van der Waals surface area (Å²) in [6, 6.07) is 14.3. The highest BCUT2D eigenvalue weighted by molar-refractivity contribution is 9.10. The summed E-state index contributed by atoms with van der Waals surface area (Å²) in [6.45, 7) is 2.85. The quantitative estimate of drug-likeness (QED) is 0.557. The fourth-order valence-electron chi connectivity index (χ4n) is 2.05. The van der Waals surface area contributed by atoms with Crippen LogP contribution in [0, 0.1) is 0 Å². The molecule has 3 N–H and O–H groups in total. The molecule has 5 heteroatoms. The summed E-state index contributed by atoms with van der Waals surface area (Å²) in [5.74, 6) is 0.991. The Bertz CT molecular complexity index is 644. The smallest absolute Gasteiger partial charge is 0.107 e. The van der Waals surface area contributed by atoms with Crippen LogP contribution in [0.5, 0.6) is 0 Å². The molecule has 2 aromatic rings. The van der Waals surface area contributed by atoms with Crippen LogP contribution in [0.3, 0.4) is 0 Å². The van der Waals surface area contributed by atoms with Crippen LogP contribution in [-0.2, 0) is 6.54 Å². The van der Waals surface area contributed by atoms with E-state index in [2.05, 4.69) is 46.4 Å². The monoisotopic (exact) mass is 380 g/mol. The first-order valence-electron chi connectivity index (χ1n) is 6.65. The average Bonchev–Trinajstić information content (AvgIpc) is 2.45. The van der Waals surface area contributed by atoms with Gasteiger partial charge in [-0.1, -0.05) is 53.3 Å². The first-order valence-corrected chi connectivity index (χ1v) is 8.84. The molecule has 0 saturated heterocycles. The van der Waals surface area contributed by atoms with Crippen LogP contribution in [0.15, 0.2) is 51.8 Å². The van der Waals surface area contributed by atoms with Gasteiger partial charge in [0, 0.05) is 27.2 Å². The molecule has 0 aliphatic rings. The van der Waals surface area contributed by atoms with Crippen molar-refractivity contribution in [2.24, 2.45) is 5.73 Å². The van der Waals surface area contributed by atoms with E-state index in [1.54, 1.807) is 11.8 Å². The number of benzene rings is 2. The summed E-state index contributed by atoms with van der Waals surface area (Å²) >= 11 is 10.5. The highest BCUT2D eigenvalue weighted by Gasteiger charge is 2.11. The molecule has 0 aliphatic heterocycles. The van der Waals surface area contributed by atoms with Gasteiger partial charge in [0.05, 0.1) is 0 Å². The molecule has 0 spiro atoms. The van der Waals surface area contributed by atoms with Crippen molar-refractivity contribution in [2.75, 3.05) is 11.1 Å². The second-order valence-electron chi connectivity index (χ2n) is 4.46. The zero-order chi connectivity index (χ0) is 15.2. The van der Waals surface area contributed by atoms with Crippen LogP contribution in [0.2, 0.25) is 0 Å². The van der Waals surface area contributed by atoms with Crippen molar-refractivity contribution < 1.29 is 0 Å². The number of hydrogen-bond donors (Lipinski definition) is 2. The summed E-state index contributed by atoms with van der Waals surface area (Å²) in [7, 11) is 0. The van der Waals surface area contributed by atoms with Gasteiger partial charge in [0.15, 0.2) is 0 Å². The molecule has 0 saturated carbocycles. The number of anilines is 1. The molecule has 2 nitrogen and oxygen atoms in total. The van der Waals surface area contributed by atoms with Gasteiger partial charge < -0.3 is 11.1 Å². The molecule has 2 rings (SSSR count). The van der Waals surface area contributed by atoms with Crippen molar-refractivity contribution >= 4 is 50.6 Å². The molecule has 0 bridgehead atoms. The maximum atomic E-state index is 5.91. The molecule has 0 heterocycles. The molecule has 0 radical (unpaired) electrons. The molecular weight excluding hydrogens is 364 g/mol. The summed E-state index contributed by atoms with van der Waals surface area (Å²) < 4.78 is 1.08. The van der Waals surface area contributed by atoms with Gasteiger partial charge in [-0.05, 0) is 35.6 Å². The summed E-state index contributed by atoms with van der Waals surface area (Å²) in [5, 5.41) is 3.44. The third kappa shape index (κ3) is 4.46. The summed E-state index contributed by atoms with van der Waals surface area (Å²) in [4.78, 5) is 1.56. The Morgan fingerprint density at radius 3 is 2.71 bits per heavy atom. The number of hydrogen-bond acceptors (Lipinski definition) is 3. The Morgan fingerprint density at radius 2 is 2.05 bits per heavy atom. The lowest BCUT2D eigenvalue weighted by molar-refractivity contribution is 1.14. The van der Waals surface area contributed by atoms with Gasteiger partial charge in [0.2, 0.25) is 0 Å². The van der Waals surface area contributed by atoms with Gasteiger partial charge in [-0.15, -0.1) is 11.8 Å². The van der Waals surface area contributed by atoms with Crippen LogP contribution in [0.4, 0.5) is 5.69 Å². The number of nitrogens with one attached hydrogen (secondary N) is 1. The van der Waals surface area contributed by atoms with Crippen molar-refractivity contribution in [3.8, 4) is 0 Å².